The molecule has 3 rings (SSSR count). The van der Waals surface area contributed by atoms with Gasteiger partial charge in [-0.3, -0.25) is 4.99 Å². The van der Waals surface area contributed by atoms with Crippen molar-refractivity contribution < 1.29 is 0 Å². The van der Waals surface area contributed by atoms with E-state index >= 15 is 0 Å². The first-order valence-electron chi connectivity index (χ1n) is 9.29. The zero-order valence-corrected chi connectivity index (χ0v) is 18.3. The molecule has 3 N–H and O–H groups in total. The van der Waals surface area contributed by atoms with Crippen molar-refractivity contribution in [2.45, 2.75) is 69.0 Å². The number of aliphatic imine (C=N–C) groups is 1. The zero-order chi connectivity index (χ0) is 16.8. The minimum absolute atomic E-state index is 0. The first kappa shape index (κ1) is 20.8. The van der Waals surface area contributed by atoms with Crippen molar-refractivity contribution in [3.05, 3.63) is 5.82 Å². The third-order valence-corrected chi connectivity index (χ3v) is 5.88. The number of guanidine groups is 1. The molecular weight excluding hydrogens is 447 g/mol. The van der Waals surface area contributed by atoms with Gasteiger partial charge in [-0.2, -0.15) is 0 Å². The summed E-state index contributed by atoms with van der Waals surface area (Å²) in [6.07, 6.45) is 13.2. The number of aryl methyl sites for hydroxylation is 1. The smallest absolute Gasteiger partial charge is 0.191 e. The summed E-state index contributed by atoms with van der Waals surface area (Å²) in [4.78, 5) is 4.44. The molecule has 6 nitrogen and oxygen atoms in total. The van der Waals surface area contributed by atoms with Gasteiger partial charge in [0, 0.05) is 25.6 Å². The second kappa shape index (κ2) is 10.6. The summed E-state index contributed by atoms with van der Waals surface area (Å²) < 4.78 is 2.38. The van der Waals surface area contributed by atoms with Crippen molar-refractivity contribution in [3.63, 3.8) is 0 Å². The van der Waals surface area contributed by atoms with Gasteiger partial charge in [0.15, 0.2) is 11.1 Å². The monoisotopic (exact) mass is 478 g/mol. The molecule has 0 amide bonds. The summed E-state index contributed by atoms with van der Waals surface area (Å²) in [5, 5.41) is 13.1. The van der Waals surface area contributed by atoms with Crippen LogP contribution in [0.1, 0.15) is 63.2 Å². The van der Waals surface area contributed by atoms with Crippen molar-refractivity contribution in [2.24, 2.45) is 16.6 Å². The molecule has 0 bridgehead atoms. The fraction of sp³-hybridized carbons (Fsp3) is 0.824. The zero-order valence-electron chi connectivity index (χ0n) is 15.1. The Balaban J connectivity index is 0.00000225. The first-order chi connectivity index (χ1) is 11.8. The van der Waals surface area contributed by atoms with Gasteiger partial charge in [-0.25, -0.2) is 0 Å². The Morgan fingerprint density at radius 1 is 1.24 bits per heavy atom. The fourth-order valence-corrected chi connectivity index (χ4v) is 4.14. The molecule has 2 aliphatic rings. The number of nitrogens with two attached hydrogens (primary N) is 1. The van der Waals surface area contributed by atoms with E-state index in [4.69, 9.17) is 5.73 Å². The highest BCUT2D eigenvalue weighted by molar-refractivity contribution is 14.0. The maximum Gasteiger partial charge on any atom is 0.191 e. The first-order valence-corrected chi connectivity index (χ1v) is 10.5. The van der Waals surface area contributed by atoms with E-state index in [0.717, 1.165) is 42.8 Å². The van der Waals surface area contributed by atoms with Crippen LogP contribution >= 0.6 is 35.7 Å². The predicted octanol–water partition coefficient (Wildman–Crippen LogP) is 3.37. The number of halogens is 1. The predicted molar refractivity (Wildman–Crippen MR) is 115 cm³/mol. The average Bonchev–Trinajstić information content (AvgIpc) is 3.18. The van der Waals surface area contributed by atoms with Crippen molar-refractivity contribution >= 4 is 41.7 Å². The van der Waals surface area contributed by atoms with E-state index in [-0.39, 0.29) is 24.0 Å². The molecule has 0 unspecified atom stereocenters. The number of hydrogen-bond acceptors (Lipinski definition) is 4. The number of rotatable bonds is 8. The number of aromatic nitrogens is 3. The lowest BCUT2D eigenvalue weighted by molar-refractivity contribution is 0.326. The lowest BCUT2D eigenvalue weighted by Gasteiger charge is -2.23. The summed E-state index contributed by atoms with van der Waals surface area (Å²) in [6.45, 7) is 1.72. The second-order valence-corrected chi connectivity index (χ2v) is 7.74. The summed E-state index contributed by atoms with van der Waals surface area (Å²) in [5.74, 6) is 2.47. The Morgan fingerprint density at radius 2 is 2.00 bits per heavy atom. The maximum absolute atomic E-state index is 5.94. The maximum atomic E-state index is 5.94. The van der Waals surface area contributed by atoms with Gasteiger partial charge in [0.1, 0.15) is 5.82 Å². The van der Waals surface area contributed by atoms with Crippen molar-refractivity contribution in [3.8, 4) is 0 Å². The molecule has 1 aromatic heterocycles. The van der Waals surface area contributed by atoms with Crippen LogP contribution in [0, 0.1) is 5.92 Å². The fourth-order valence-electron chi connectivity index (χ4n) is 3.57. The Bertz CT molecular complexity index is 551. The van der Waals surface area contributed by atoms with Gasteiger partial charge in [-0.05, 0) is 44.3 Å². The average molecular weight is 478 g/mol. The largest absolute Gasteiger partial charge is 0.370 e. The molecule has 0 aliphatic heterocycles. The Morgan fingerprint density at radius 3 is 2.64 bits per heavy atom. The van der Waals surface area contributed by atoms with E-state index in [1.807, 2.05) is 0 Å². The highest BCUT2D eigenvalue weighted by atomic mass is 127. The number of nitrogens with one attached hydrogen (secondary N) is 1. The van der Waals surface area contributed by atoms with Crippen molar-refractivity contribution in [2.75, 3.05) is 19.3 Å². The minimum atomic E-state index is 0. The molecule has 1 aromatic rings. The van der Waals surface area contributed by atoms with E-state index in [2.05, 4.69) is 31.3 Å². The standard InChI is InChI=1S/C17H30N6S.HI/c1-24-17-22-21-15(23(17)14-8-2-3-9-14)10-5-11-19-16(18)20-12-13-6-4-7-13;/h13-14H,2-12H2,1H3,(H3,18,19,20);1H. The highest BCUT2D eigenvalue weighted by Crippen LogP contribution is 2.33. The molecule has 0 atom stereocenters. The Kier molecular flexibility index (Phi) is 8.81. The molecule has 0 radical (unpaired) electrons. The molecule has 25 heavy (non-hydrogen) atoms. The van der Waals surface area contributed by atoms with E-state index in [0.29, 0.717) is 12.0 Å². The van der Waals surface area contributed by atoms with Gasteiger partial charge < -0.3 is 15.6 Å². The summed E-state index contributed by atoms with van der Waals surface area (Å²) in [5.41, 5.74) is 5.94. The van der Waals surface area contributed by atoms with E-state index in [9.17, 15) is 0 Å². The van der Waals surface area contributed by atoms with Crippen LogP contribution in [0.2, 0.25) is 0 Å². The molecule has 0 spiro atoms. The van der Waals surface area contributed by atoms with Gasteiger partial charge >= 0.3 is 0 Å². The molecule has 0 aromatic carbocycles. The molecule has 2 fully saturated rings. The second-order valence-electron chi connectivity index (χ2n) is 6.96. The molecule has 8 heteroatoms. The summed E-state index contributed by atoms with van der Waals surface area (Å²) in [6, 6.07) is 0.597. The SMILES string of the molecule is CSc1nnc(CCCNC(N)=NCC2CCC2)n1C1CCCC1.I. The lowest BCUT2D eigenvalue weighted by atomic mass is 9.86. The number of hydrogen-bond donors (Lipinski definition) is 2. The van der Waals surface area contributed by atoms with E-state index in [1.54, 1.807) is 11.8 Å². The van der Waals surface area contributed by atoms with Crippen molar-refractivity contribution in [1.29, 1.82) is 0 Å². The van der Waals surface area contributed by atoms with Crippen LogP contribution in [-0.4, -0.2) is 40.1 Å². The number of thioether (sulfide) groups is 1. The van der Waals surface area contributed by atoms with Crippen LogP contribution in [0.15, 0.2) is 10.1 Å². The topological polar surface area (TPSA) is 81.1 Å². The van der Waals surface area contributed by atoms with E-state index in [1.165, 1.54) is 44.9 Å². The molecule has 1 heterocycles. The van der Waals surface area contributed by atoms with Crippen LogP contribution in [0.5, 0.6) is 0 Å². The normalized spacial score (nSPS) is 18.8. The van der Waals surface area contributed by atoms with Gasteiger partial charge in [0.25, 0.3) is 0 Å². The highest BCUT2D eigenvalue weighted by Gasteiger charge is 2.23. The van der Waals surface area contributed by atoms with E-state index < -0.39 is 0 Å². The third-order valence-electron chi connectivity index (χ3n) is 5.24. The molecule has 0 saturated heterocycles. The van der Waals surface area contributed by atoms with Crippen molar-refractivity contribution in [1.82, 2.24) is 20.1 Å². The minimum Gasteiger partial charge on any atom is -0.370 e. The molecule has 2 aliphatic carbocycles. The molecule has 2 saturated carbocycles. The quantitative estimate of drug-likeness (QED) is 0.197. The molecule has 142 valence electrons. The lowest BCUT2D eigenvalue weighted by Crippen LogP contribution is -2.33. The van der Waals surface area contributed by atoms with Crippen LogP contribution < -0.4 is 11.1 Å². The third kappa shape index (κ3) is 5.74. The van der Waals surface area contributed by atoms with Gasteiger partial charge in [-0.15, -0.1) is 34.2 Å². The molecular formula is C17H31IN6S. The van der Waals surface area contributed by atoms with Crippen LogP contribution in [-0.2, 0) is 6.42 Å². The van der Waals surface area contributed by atoms with Crippen LogP contribution in [0.4, 0.5) is 0 Å². The summed E-state index contributed by atoms with van der Waals surface area (Å²) in [7, 11) is 0. The van der Waals surface area contributed by atoms with Crippen LogP contribution in [0.3, 0.4) is 0 Å². The Labute approximate surface area is 172 Å². The van der Waals surface area contributed by atoms with Gasteiger partial charge in [0.05, 0.1) is 0 Å². The van der Waals surface area contributed by atoms with Crippen LogP contribution in [0.25, 0.3) is 0 Å². The van der Waals surface area contributed by atoms with Gasteiger partial charge in [0.2, 0.25) is 0 Å². The Hall–Kier alpha value is -0.510. The summed E-state index contributed by atoms with van der Waals surface area (Å²) >= 11 is 1.70. The van der Waals surface area contributed by atoms with Gasteiger partial charge in [-0.1, -0.05) is 31.0 Å². The number of nitrogens with zero attached hydrogens (tertiary/aromatic N) is 4.